The largest absolute Gasteiger partial charge is 0.496 e. The number of amides is 1. The summed E-state index contributed by atoms with van der Waals surface area (Å²) in [6, 6.07) is 7.76. The van der Waals surface area contributed by atoms with Crippen LogP contribution in [0.5, 0.6) is 5.75 Å². The number of carbonyl (C=O) groups is 1. The number of methoxy groups -OCH3 is 1. The molecule has 9 nitrogen and oxygen atoms in total. The van der Waals surface area contributed by atoms with E-state index in [1.807, 2.05) is 45.0 Å². The summed E-state index contributed by atoms with van der Waals surface area (Å²) in [6.45, 7) is 11.3. The molecule has 1 atom stereocenters. The van der Waals surface area contributed by atoms with Gasteiger partial charge in [0.1, 0.15) is 12.0 Å². The second-order valence-electron chi connectivity index (χ2n) is 9.60. The standard InChI is InChI=1S/C25H38N4O5/c1-25(2,3)34-17-20(30)15-28-11-13-29(14-12-28)16-23-27-21(18-33-23)24(31)26-10-9-19-7-5-6-8-22(19)32-4/h5-8,18,20,30H,9-17H2,1-4H3,(H,26,31)/t20-/m1/s1. The number of carbonyl (C=O) groups excluding carboxylic acids is 1. The van der Waals surface area contributed by atoms with E-state index in [0.717, 1.165) is 37.5 Å². The number of aromatic nitrogens is 1. The van der Waals surface area contributed by atoms with E-state index in [4.69, 9.17) is 13.9 Å². The first-order chi connectivity index (χ1) is 16.2. The average molecular weight is 475 g/mol. The van der Waals surface area contributed by atoms with Gasteiger partial charge in [0.2, 0.25) is 5.89 Å². The Morgan fingerprint density at radius 3 is 2.62 bits per heavy atom. The van der Waals surface area contributed by atoms with Gasteiger partial charge in [-0.2, -0.15) is 0 Å². The number of piperazine rings is 1. The second-order valence-corrected chi connectivity index (χ2v) is 9.60. The summed E-state index contributed by atoms with van der Waals surface area (Å²) in [5, 5.41) is 13.1. The van der Waals surface area contributed by atoms with Crippen LogP contribution in [0.3, 0.4) is 0 Å². The molecule has 0 spiro atoms. The molecule has 34 heavy (non-hydrogen) atoms. The number of nitrogens with zero attached hydrogens (tertiary/aromatic N) is 3. The van der Waals surface area contributed by atoms with Crippen LogP contribution in [-0.2, 0) is 17.7 Å². The molecule has 1 aliphatic heterocycles. The molecule has 0 radical (unpaired) electrons. The molecular weight excluding hydrogens is 436 g/mol. The predicted molar refractivity (Wildman–Crippen MR) is 129 cm³/mol. The van der Waals surface area contributed by atoms with Crippen molar-refractivity contribution in [1.82, 2.24) is 20.1 Å². The van der Waals surface area contributed by atoms with E-state index in [1.165, 1.54) is 6.26 Å². The summed E-state index contributed by atoms with van der Waals surface area (Å²) in [6.07, 6.45) is 1.58. The summed E-state index contributed by atoms with van der Waals surface area (Å²) >= 11 is 0. The minimum Gasteiger partial charge on any atom is -0.496 e. The van der Waals surface area contributed by atoms with Crippen molar-refractivity contribution >= 4 is 5.91 Å². The number of oxazole rings is 1. The third-order valence-electron chi connectivity index (χ3n) is 5.66. The Balaban J connectivity index is 1.37. The van der Waals surface area contributed by atoms with E-state index in [1.54, 1.807) is 7.11 Å². The molecule has 1 aromatic carbocycles. The molecule has 0 aliphatic carbocycles. The zero-order valence-corrected chi connectivity index (χ0v) is 20.7. The van der Waals surface area contributed by atoms with E-state index in [0.29, 0.717) is 38.6 Å². The highest BCUT2D eigenvalue weighted by molar-refractivity contribution is 5.91. The first-order valence-corrected chi connectivity index (χ1v) is 11.8. The number of para-hydroxylation sites is 1. The van der Waals surface area contributed by atoms with Gasteiger partial charge < -0.3 is 24.3 Å². The van der Waals surface area contributed by atoms with Gasteiger partial charge in [-0.15, -0.1) is 0 Å². The molecule has 1 aromatic heterocycles. The molecule has 9 heteroatoms. The lowest BCUT2D eigenvalue weighted by atomic mass is 10.1. The van der Waals surface area contributed by atoms with Crippen LogP contribution >= 0.6 is 0 Å². The highest BCUT2D eigenvalue weighted by atomic mass is 16.5. The fourth-order valence-electron chi connectivity index (χ4n) is 3.82. The Hall–Kier alpha value is -2.46. The van der Waals surface area contributed by atoms with Crippen molar-refractivity contribution in [2.24, 2.45) is 0 Å². The van der Waals surface area contributed by atoms with Gasteiger partial charge >= 0.3 is 0 Å². The zero-order chi connectivity index (χ0) is 24.6. The smallest absolute Gasteiger partial charge is 0.273 e. The van der Waals surface area contributed by atoms with Crippen LogP contribution in [0.25, 0.3) is 0 Å². The molecule has 2 N–H and O–H groups in total. The normalized spacial score (nSPS) is 16.4. The van der Waals surface area contributed by atoms with Crippen molar-refractivity contribution in [1.29, 1.82) is 0 Å². The summed E-state index contributed by atoms with van der Waals surface area (Å²) < 4.78 is 16.6. The van der Waals surface area contributed by atoms with Gasteiger partial charge in [-0.1, -0.05) is 18.2 Å². The van der Waals surface area contributed by atoms with Crippen LogP contribution in [-0.4, -0.2) is 90.5 Å². The van der Waals surface area contributed by atoms with Crippen LogP contribution in [0.1, 0.15) is 42.7 Å². The molecular formula is C25H38N4O5. The zero-order valence-electron chi connectivity index (χ0n) is 20.7. The van der Waals surface area contributed by atoms with Gasteiger partial charge in [0.05, 0.1) is 32.0 Å². The van der Waals surface area contributed by atoms with Crippen LogP contribution in [0.4, 0.5) is 0 Å². The van der Waals surface area contributed by atoms with Gasteiger partial charge in [0, 0.05) is 39.3 Å². The van der Waals surface area contributed by atoms with Crippen molar-refractivity contribution in [3.63, 3.8) is 0 Å². The third kappa shape index (κ3) is 8.39. The molecule has 1 amide bonds. The SMILES string of the molecule is COc1ccccc1CCNC(=O)c1coc(CN2CCN(C[C@@H](O)COC(C)(C)C)CC2)n1. The van der Waals surface area contributed by atoms with Gasteiger partial charge in [-0.25, -0.2) is 4.98 Å². The van der Waals surface area contributed by atoms with Gasteiger partial charge in [0.25, 0.3) is 5.91 Å². The van der Waals surface area contributed by atoms with Crippen molar-refractivity contribution in [2.45, 2.75) is 45.4 Å². The first kappa shape index (κ1) is 26.2. The first-order valence-electron chi connectivity index (χ1n) is 11.8. The van der Waals surface area contributed by atoms with Crippen molar-refractivity contribution in [2.75, 3.05) is 53.0 Å². The van der Waals surface area contributed by atoms with Crippen molar-refractivity contribution in [3.8, 4) is 5.75 Å². The lowest BCUT2D eigenvalue weighted by molar-refractivity contribution is -0.0588. The Bertz CT molecular complexity index is 903. The average Bonchev–Trinajstić information content (AvgIpc) is 3.27. The fraction of sp³-hybridized carbons (Fsp3) is 0.600. The van der Waals surface area contributed by atoms with E-state index < -0.39 is 6.10 Å². The molecule has 0 bridgehead atoms. The number of hydrogen-bond donors (Lipinski definition) is 2. The number of nitrogens with one attached hydrogen (secondary N) is 1. The minimum atomic E-state index is -0.499. The quantitative estimate of drug-likeness (QED) is 0.510. The Morgan fingerprint density at radius 2 is 1.91 bits per heavy atom. The molecule has 0 saturated carbocycles. The fourth-order valence-corrected chi connectivity index (χ4v) is 3.82. The summed E-state index contributed by atoms with van der Waals surface area (Å²) in [4.78, 5) is 21.3. The predicted octanol–water partition coefficient (Wildman–Crippen LogP) is 1.95. The molecule has 1 aliphatic rings. The van der Waals surface area contributed by atoms with E-state index in [2.05, 4.69) is 20.1 Å². The molecule has 2 heterocycles. The van der Waals surface area contributed by atoms with Crippen LogP contribution in [0.15, 0.2) is 34.9 Å². The number of β-amino-alcohol motifs (C(OH)–C–C–N with tert-alkyl or cyclic N) is 1. The number of hydrogen-bond acceptors (Lipinski definition) is 8. The van der Waals surface area contributed by atoms with Crippen LogP contribution in [0.2, 0.25) is 0 Å². The Labute approximate surface area is 202 Å². The molecule has 188 valence electrons. The Morgan fingerprint density at radius 1 is 1.21 bits per heavy atom. The molecule has 0 unspecified atom stereocenters. The molecule has 1 fully saturated rings. The maximum atomic E-state index is 12.4. The third-order valence-corrected chi connectivity index (χ3v) is 5.66. The van der Waals surface area contributed by atoms with Gasteiger partial charge in [-0.3, -0.25) is 14.6 Å². The topological polar surface area (TPSA) is 100 Å². The second kappa shape index (κ2) is 12.3. The van der Waals surface area contributed by atoms with Gasteiger partial charge in [-0.05, 0) is 38.8 Å². The number of aliphatic hydroxyl groups is 1. The Kier molecular flexibility index (Phi) is 9.46. The number of benzene rings is 1. The molecule has 1 saturated heterocycles. The number of ether oxygens (including phenoxy) is 2. The highest BCUT2D eigenvalue weighted by Crippen LogP contribution is 2.17. The maximum Gasteiger partial charge on any atom is 0.273 e. The summed E-state index contributed by atoms with van der Waals surface area (Å²) in [5.74, 6) is 1.09. The van der Waals surface area contributed by atoms with Crippen molar-refractivity contribution < 1.29 is 23.8 Å². The monoisotopic (exact) mass is 474 g/mol. The molecule has 2 aromatic rings. The van der Waals surface area contributed by atoms with E-state index >= 15 is 0 Å². The van der Waals surface area contributed by atoms with E-state index in [9.17, 15) is 9.90 Å². The lowest BCUT2D eigenvalue weighted by Gasteiger charge is -2.35. The summed E-state index contributed by atoms with van der Waals surface area (Å²) in [5.41, 5.74) is 1.08. The maximum absolute atomic E-state index is 12.4. The van der Waals surface area contributed by atoms with Crippen LogP contribution in [0, 0.1) is 0 Å². The van der Waals surface area contributed by atoms with Gasteiger partial charge in [0.15, 0.2) is 5.69 Å². The number of rotatable bonds is 11. The minimum absolute atomic E-state index is 0.249. The highest BCUT2D eigenvalue weighted by Gasteiger charge is 2.22. The van der Waals surface area contributed by atoms with Crippen molar-refractivity contribution in [3.05, 3.63) is 47.7 Å². The lowest BCUT2D eigenvalue weighted by Crippen LogP contribution is -2.49. The van der Waals surface area contributed by atoms with Crippen LogP contribution < -0.4 is 10.1 Å². The molecule has 3 rings (SSSR count). The van der Waals surface area contributed by atoms with E-state index in [-0.39, 0.29) is 17.2 Å². The summed E-state index contributed by atoms with van der Waals surface area (Å²) in [7, 11) is 1.64. The number of aliphatic hydroxyl groups excluding tert-OH is 1.